The smallest absolute Gasteiger partial charge is 0.255 e. The number of carbonyl (C=O) groups is 3. The minimum absolute atomic E-state index is 0.115. The normalized spacial score (nSPS) is 35.9. The zero-order valence-electron chi connectivity index (χ0n) is 31.1. The number of nitrogens with one attached hydrogen (secondary N) is 2. The lowest BCUT2D eigenvalue weighted by atomic mass is 10.0. The highest BCUT2D eigenvalue weighted by molar-refractivity contribution is 6.06. The van der Waals surface area contributed by atoms with E-state index in [1.807, 2.05) is 0 Å². The summed E-state index contributed by atoms with van der Waals surface area (Å²) in [6.45, 7) is -22.4. The summed E-state index contributed by atoms with van der Waals surface area (Å²) in [7, 11) is 0. The molecule has 0 aliphatic carbocycles. The zero-order chi connectivity index (χ0) is 35.3. The van der Waals surface area contributed by atoms with Crippen LogP contribution in [0.15, 0.2) is 42.5 Å². The van der Waals surface area contributed by atoms with Crippen molar-refractivity contribution in [1.29, 1.82) is 0 Å². The van der Waals surface area contributed by atoms with Crippen LogP contribution in [0.5, 0.6) is 0 Å². The van der Waals surface area contributed by atoms with E-state index in [9.17, 15) is 14.4 Å². The van der Waals surface area contributed by atoms with Gasteiger partial charge < -0.3 is 15.0 Å². The van der Waals surface area contributed by atoms with E-state index in [2.05, 4.69) is 15.4 Å². The molecule has 2 aromatic carbocycles. The first-order valence-corrected chi connectivity index (χ1v) is 10.0. The van der Waals surface area contributed by atoms with E-state index in [4.69, 9.17) is 19.2 Å². The fraction of sp³-hybridized carbons (Fsp3) is 0.400. The Morgan fingerprint density at radius 2 is 1.85 bits per heavy atom. The molecule has 2 N–H and O–H groups in total. The van der Waals surface area contributed by atoms with Crippen LogP contribution in [-0.2, 0) is 33.8 Å². The molecule has 5 rings (SSSR count). The molecule has 8 nitrogen and oxygen atoms in total. The van der Waals surface area contributed by atoms with Crippen LogP contribution in [0.25, 0.3) is 0 Å². The minimum Gasteiger partial charge on any atom is -0.381 e. The molecule has 3 amide bonds. The van der Waals surface area contributed by atoms with Gasteiger partial charge in [0.15, 0.2) is 0 Å². The second-order valence-corrected chi connectivity index (χ2v) is 7.29. The summed E-state index contributed by atoms with van der Waals surface area (Å²) < 4.78 is 121. The molecule has 3 aliphatic heterocycles. The summed E-state index contributed by atoms with van der Waals surface area (Å²) in [5.41, 5.74) is -1.22. The van der Waals surface area contributed by atoms with Gasteiger partial charge in [-0.2, -0.15) is 0 Å². The van der Waals surface area contributed by atoms with E-state index >= 15 is 0 Å². The number of rotatable bonds is 6. The summed E-state index contributed by atoms with van der Waals surface area (Å²) in [6.07, 6.45) is -0.231. The molecule has 3 aliphatic rings. The Balaban J connectivity index is 1.46. The quantitative estimate of drug-likeness (QED) is 0.637. The highest BCUT2D eigenvalue weighted by atomic mass is 16.5. The Morgan fingerprint density at radius 3 is 2.61 bits per heavy atom. The lowest BCUT2D eigenvalue weighted by Gasteiger charge is -2.29. The molecule has 0 spiro atoms. The number of anilines is 1. The van der Waals surface area contributed by atoms with Crippen molar-refractivity contribution in [3.05, 3.63) is 64.7 Å². The summed E-state index contributed by atoms with van der Waals surface area (Å²) in [6, 6.07) is 6.78. The average molecular weight is 463 g/mol. The number of hydrogen-bond donors (Lipinski definition) is 2. The number of imide groups is 1. The number of morpholine rings is 1. The third-order valence-electron chi connectivity index (χ3n) is 5.15. The van der Waals surface area contributed by atoms with Crippen LogP contribution in [0.1, 0.15) is 59.1 Å². The largest absolute Gasteiger partial charge is 0.381 e. The topological polar surface area (TPSA) is 91.0 Å². The maximum absolute atomic E-state index is 13.3. The third-order valence-corrected chi connectivity index (χ3v) is 5.15. The predicted octanol–water partition coefficient (Wildman–Crippen LogP) is 1.89. The zero-order valence-corrected chi connectivity index (χ0v) is 17.1. The summed E-state index contributed by atoms with van der Waals surface area (Å²) in [5, 5.41) is 4.63. The van der Waals surface area contributed by atoms with Gasteiger partial charge in [-0.3, -0.25) is 24.6 Å². The van der Waals surface area contributed by atoms with E-state index in [1.165, 1.54) is 18.2 Å². The van der Waals surface area contributed by atoms with E-state index in [0.717, 1.165) is 24.3 Å². The molecule has 1 atom stereocenters. The first-order chi connectivity index (χ1) is 21.3. The maximum Gasteiger partial charge on any atom is 0.255 e. The van der Waals surface area contributed by atoms with Gasteiger partial charge in [0.25, 0.3) is 5.91 Å². The first kappa shape index (κ1) is 10.8. The van der Waals surface area contributed by atoms with Crippen molar-refractivity contribution in [2.45, 2.75) is 38.4 Å². The Labute approximate surface area is 212 Å². The number of piperidine rings is 1. The van der Waals surface area contributed by atoms with Crippen LogP contribution in [0.2, 0.25) is 0 Å². The standard InChI is InChI=1S/C25H28N4O4/c30-23-9-8-22(24(31)27-23)29-16-20-19(25(29)32)2-1-3-21(20)26-14-17-4-6-18(7-5-17)15-28-10-12-33-13-11-28/h1-7,22,26H,8-16H2,(H,27,30,31)/i10D2,11D2,12D2,13D2,14D2,15D2,16D2. The molecular formula is C25H28N4O4. The second kappa shape index (κ2) is 9.33. The fourth-order valence-electron chi connectivity index (χ4n) is 3.55. The molecule has 0 radical (unpaired) electrons. The highest BCUT2D eigenvalue weighted by Gasteiger charge is 2.39. The molecule has 2 aromatic rings. The van der Waals surface area contributed by atoms with Crippen LogP contribution >= 0.6 is 0 Å². The third kappa shape index (κ3) is 4.62. The van der Waals surface area contributed by atoms with Crippen molar-refractivity contribution in [3.63, 3.8) is 0 Å². The number of benzene rings is 2. The van der Waals surface area contributed by atoms with Gasteiger partial charge in [-0.05, 0) is 29.7 Å². The molecular weight excluding hydrogens is 420 g/mol. The molecule has 2 fully saturated rings. The maximum atomic E-state index is 13.3. The van der Waals surface area contributed by atoms with Crippen molar-refractivity contribution in [1.82, 2.24) is 15.1 Å². The molecule has 1 unspecified atom stereocenters. The van der Waals surface area contributed by atoms with Crippen molar-refractivity contribution in [2.24, 2.45) is 0 Å². The Kier molecular flexibility index (Phi) is 3.05. The van der Waals surface area contributed by atoms with Gasteiger partial charge in [-0.1, -0.05) is 30.3 Å². The molecule has 172 valence electrons. The SMILES string of the molecule is [2H]C([2H])(Nc1cccc2c1C([2H])([2H])N(C1CCC(=O)NC1=O)C2=O)c1ccc(C([2H])([2H])N2C([2H])([2H])C([2H])([2H])OC([2H])([2H])C2([2H])[2H])cc1. The molecule has 0 bridgehead atoms. The molecule has 0 saturated carbocycles. The summed E-state index contributed by atoms with van der Waals surface area (Å²) in [4.78, 5) is 37.9. The van der Waals surface area contributed by atoms with Crippen LogP contribution in [0.3, 0.4) is 0 Å². The number of carbonyl (C=O) groups excluding carboxylic acids is 3. The van der Waals surface area contributed by atoms with Gasteiger partial charge in [0.2, 0.25) is 11.8 Å². The highest BCUT2D eigenvalue weighted by Crippen LogP contribution is 2.32. The number of ether oxygens (including phenoxy) is 1. The van der Waals surface area contributed by atoms with Crippen LogP contribution in [0.4, 0.5) is 5.69 Å². The van der Waals surface area contributed by atoms with E-state index < -0.39 is 74.9 Å². The fourth-order valence-corrected chi connectivity index (χ4v) is 3.55. The molecule has 8 heteroatoms. The lowest BCUT2D eigenvalue weighted by Crippen LogP contribution is -2.52. The second-order valence-electron chi connectivity index (χ2n) is 7.29. The average Bonchev–Trinajstić information content (AvgIpc) is 3.12. The van der Waals surface area contributed by atoms with Crippen LogP contribution < -0.4 is 10.6 Å². The van der Waals surface area contributed by atoms with Gasteiger partial charge >= 0.3 is 0 Å². The van der Waals surface area contributed by atoms with Crippen molar-refractivity contribution in [2.75, 3.05) is 31.4 Å². The monoisotopic (exact) mass is 462 g/mol. The van der Waals surface area contributed by atoms with Gasteiger partial charge in [0.1, 0.15) is 6.04 Å². The molecule has 2 saturated heterocycles. The van der Waals surface area contributed by atoms with Gasteiger partial charge in [-0.15, -0.1) is 0 Å². The molecule has 33 heavy (non-hydrogen) atoms. The number of fused-ring (bicyclic) bond motifs is 1. The van der Waals surface area contributed by atoms with Crippen molar-refractivity contribution >= 4 is 23.4 Å². The molecule has 0 aromatic heterocycles. The minimum atomic E-state index is -3.54. The van der Waals surface area contributed by atoms with Gasteiger partial charge in [-0.25, -0.2) is 0 Å². The summed E-state index contributed by atoms with van der Waals surface area (Å²) >= 11 is 0. The van der Waals surface area contributed by atoms with Crippen molar-refractivity contribution in [3.8, 4) is 0 Å². The van der Waals surface area contributed by atoms with Crippen LogP contribution in [0, 0.1) is 0 Å². The predicted molar refractivity (Wildman–Crippen MR) is 122 cm³/mol. The van der Waals surface area contributed by atoms with E-state index in [-0.39, 0.29) is 40.1 Å². The number of hydrogen-bond acceptors (Lipinski definition) is 6. The lowest BCUT2D eigenvalue weighted by molar-refractivity contribution is -0.136. The van der Waals surface area contributed by atoms with Crippen LogP contribution in [-0.4, -0.2) is 59.7 Å². The Morgan fingerprint density at radius 1 is 1.09 bits per heavy atom. The van der Waals surface area contributed by atoms with E-state index in [0.29, 0.717) is 4.90 Å². The van der Waals surface area contributed by atoms with Crippen molar-refractivity contribution < 1.29 is 38.3 Å². The number of amides is 3. The van der Waals surface area contributed by atoms with Gasteiger partial charge in [0.05, 0.1) is 24.1 Å². The Bertz CT molecular complexity index is 1620. The molecule has 3 heterocycles. The first-order valence-electron chi connectivity index (χ1n) is 17.0. The van der Waals surface area contributed by atoms with E-state index in [1.54, 1.807) is 0 Å². The Hall–Kier alpha value is -3.23. The summed E-state index contributed by atoms with van der Waals surface area (Å²) in [5.74, 6) is -2.25. The number of nitrogens with zero attached hydrogens (tertiary/aromatic N) is 2. The van der Waals surface area contributed by atoms with Gasteiger partial charge in [0, 0.05) is 63.9 Å².